The minimum atomic E-state index is -2.53. The minimum Gasteiger partial charge on any atom is -0.253 e. The SMILES string of the molecule is C[S](=O)(=O)[AlH2]. The fourth-order valence-corrected chi connectivity index (χ4v) is 0. The van der Waals surface area contributed by atoms with Gasteiger partial charge < -0.3 is 0 Å². The van der Waals surface area contributed by atoms with E-state index in [4.69, 9.17) is 0 Å². The predicted octanol–water partition coefficient (Wildman–Crippen LogP) is -1.42. The Hall–Kier alpha value is 0.482. The van der Waals surface area contributed by atoms with Gasteiger partial charge in [0, 0.05) is 14.5 Å². The first-order valence-electron chi connectivity index (χ1n) is 1.15. The topological polar surface area (TPSA) is 34.1 Å². The van der Waals surface area contributed by atoms with E-state index in [0.29, 0.717) is 0 Å². The molecule has 0 heterocycles. The van der Waals surface area contributed by atoms with E-state index in [9.17, 15) is 8.42 Å². The third-order valence-electron chi connectivity index (χ3n) is 0. The summed E-state index contributed by atoms with van der Waals surface area (Å²) in [5.74, 6) is 0. The molecular formula is CH5AlO2S. The normalized spacial score (nSPS) is 11.4. The molecule has 4 heteroatoms. The maximum Gasteiger partial charge on any atom is 0.409 e. The van der Waals surface area contributed by atoms with E-state index >= 15 is 0 Å². The zero-order valence-corrected chi connectivity index (χ0v) is 6.04. The molecule has 0 atom stereocenters. The van der Waals surface area contributed by atoms with E-state index in [2.05, 4.69) is 0 Å². The van der Waals surface area contributed by atoms with Gasteiger partial charge in [0.25, 0.3) is 0 Å². The summed E-state index contributed by atoms with van der Waals surface area (Å²) in [6.45, 7) is 0. The Labute approximate surface area is 38.6 Å². The Kier molecular flexibility index (Phi) is 1.42. The molecule has 0 amide bonds. The van der Waals surface area contributed by atoms with Gasteiger partial charge in [0.1, 0.15) is 0 Å². The smallest absolute Gasteiger partial charge is 0.253 e. The number of rotatable bonds is 0. The minimum absolute atomic E-state index is 0.280. The zero-order valence-electron chi connectivity index (χ0n) is 3.22. The van der Waals surface area contributed by atoms with Crippen molar-refractivity contribution < 1.29 is 8.42 Å². The van der Waals surface area contributed by atoms with Gasteiger partial charge in [0.05, 0.1) is 0 Å². The van der Waals surface area contributed by atoms with Gasteiger partial charge in [0.2, 0.25) is 0 Å². The fourth-order valence-electron chi connectivity index (χ4n) is 0. The average molecular weight is 108 g/mol. The molecule has 0 aromatic rings. The highest BCUT2D eigenvalue weighted by molar-refractivity contribution is 8.11. The Morgan fingerprint density at radius 3 is 1.60 bits per heavy atom. The van der Waals surface area contributed by atoms with Gasteiger partial charge in [-0.25, -0.2) is 0 Å². The van der Waals surface area contributed by atoms with Crippen LogP contribution in [0.15, 0.2) is 0 Å². The van der Waals surface area contributed by atoms with Crippen LogP contribution in [-0.4, -0.2) is 29.8 Å². The Balaban J connectivity index is 4.06. The molecule has 0 aliphatic heterocycles. The predicted molar refractivity (Wildman–Crippen MR) is 23.4 cm³/mol. The van der Waals surface area contributed by atoms with E-state index in [1.54, 1.807) is 0 Å². The first kappa shape index (κ1) is 5.48. The molecule has 0 aromatic heterocycles. The van der Waals surface area contributed by atoms with Gasteiger partial charge in [0.15, 0.2) is 0 Å². The van der Waals surface area contributed by atoms with Crippen LogP contribution in [0.25, 0.3) is 0 Å². The zero-order chi connectivity index (χ0) is 4.50. The summed E-state index contributed by atoms with van der Waals surface area (Å²) in [7, 11) is -2.53. The molecule has 0 fully saturated rings. The van der Waals surface area contributed by atoms with Gasteiger partial charge in [-0.3, -0.25) is 8.42 Å². The summed E-state index contributed by atoms with van der Waals surface area (Å²) in [6, 6.07) is 0. The van der Waals surface area contributed by atoms with Crippen LogP contribution >= 0.6 is 0 Å². The second-order valence-corrected chi connectivity index (χ2v) is 7.88. The maximum absolute atomic E-state index is 9.69. The maximum atomic E-state index is 9.69. The van der Waals surface area contributed by atoms with Crippen molar-refractivity contribution in [2.24, 2.45) is 0 Å². The van der Waals surface area contributed by atoms with Gasteiger partial charge in [-0.15, -0.1) is 0 Å². The summed E-state index contributed by atoms with van der Waals surface area (Å²) >= 11 is 0.280. The third-order valence-corrected chi connectivity index (χ3v) is 0. The van der Waals surface area contributed by atoms with Gasteiger partial charge in [-0.2, -0.15) is 0 Å². The van der Waals surface area contributed by atoms with Crippen molar-refractivity contribution in [2.75, 3.05) is 6.26 Å². The monoisotopic (exact) mass is 108 g/mol. The van der Waals surface area contributed by atoms with Crippen LogP contribution in [0.1, 0.15) is 0 Å². The fraction of sp³-hybridized carbons (Fsp3) is 1.00. The van der Waals surface area contributed by atoms with Crippen LogP contribution in [0.2, 0.25) is 0 Å². The summed E-state index contributed by atoms with van der Waals surface area (Å²) in [4.78, 5) is 0. The lowest BCUT2D eigenvalue weighted by Crippen LogP contribution is -1.89. The lowest BCUT2D eigenvalue weighted by molar-refractivity contribution is 0.614. The molecule has 0 N–H and O–H groups in total. The van der Waals surface area contributed by atoms with Crippen molar-refractivity contribution in [3.05, 3.63) is 0 Å². The quantitative estimate of drug-likeness (QED) is 0.357. The van der Waals surface area contributed by atoms with Crippen molar-refractivity contribution in [3.8, 4) is 0 Å². The van der Waals surface area contributed by atoms with Crippen LogP contribution in [0.4, 0.5) is 0 Å². The summed E-state index contributed by atoms with van der Waals surface area (Å²) in [6.07, 6.45) is 1.22. The second kappa shape index (κ2) is 1.29. The molecule has 0 spiro atoms. The van der Waals surface area contributed by atoms with Crippen LogP contribution in [0.5, 0.6) is 0 Å². The van der Waals surface area contributed by atoms with Crippen molar-refractivity contribution >= 4 is 23.4 Å². The van der Waals surface area contributed by atoms with E-state index in [1.165, 1.54) is 6.26 Å². The Morgan fingerprint density at radius 2 is 1.60 bits per heavy atom. The molecule has 0 aromatic carbocycles. The highest BCUT2D eigenvalue weighted by Gasteiger charge is 1.81. The van der Waals surface area contributed by atoms with E-state index in [1.807, 2.05) is 0 Å². The lowest BCUT2D eigenvalue weighted by Gasteiger charge is -1.70. The molecule has 5 heavy (non-hydrogen) atoms. The molecule has 0 unspecified atom stereocenters. The highest BCUT2D eigenvalue weighted by Crippen LogP contribution is 1.59. The average Bonchev–Trinajstić information content (AvgIpc) is 0.722. The molecule has 0 saturated carbocycles. The molecule has 0 rings (SSSR count). The summed E-state index contributed by atoms with van der Waals surface area (Å²) in [5.41, 5.74) is 0. The molecule has 0 saturated heterocycles. The van der Waals surface area contributed by atoms with Gasteiger partial charge in [-0.05, 0) is 0 Å². The molecule has 0 aliphatic carbocycles. The van der Waals surface area contributed by atoms with Crippen LogP contribution in [-0.2, 0) is 8.20 Å². The molecule has 30 valence electrons. The number of hydrogen-bond acceptors (Lipinski definition) is 2. The first-order valence-corrected chi connectivity index (χ1v) is 5.90. The van der Waals surface area contributed by atoms with Crippen molar-refractivity contribution in [1.29, 1.82) is 0 Å². The first-order chi connectivity index (χ1) is 2.00. The molecule has 2 nitrogen and oxygen atoms in total. The number of hydrogen-bond donors (Lipinski definition) is 0. The van der Waals surface area contributed by atoms with Crippen LogP contribution in [0.3, 0.4) is 0 Å². The summed E-state index contributed by atoms with van der Waals surface area (Å²) in [5, 5.41) is 0. The van der Waals surface area contributed by atoms with E-state index < -0.39 is 8.20 Å². The van der Waals surface area contributed by atoms with E-state index in [-0.39, 0.29) is 15.2 Å². The largest absolute Gasteiger partial charge is 0.409 e. The van der Waals surface area contributed by atoms with E-state index in [0.717, 1.165) is 0 Å². The third kappa shape index (κ3) is 119. The van der Waals surface area contributed by atoms with Crippen LogP contribution < -0.4 is 0 Å². The van der Waals surface area contributed by atoms with Gasteiger partial charge >= 0.3 is 15.2 Å². The molecule has 0 radical (unpaired) electrons. The second-order valence-electron chi connectivity index (χ2n) is 1.14. The van der Waals surface area contributed by atoms with Crippen LogP contribution in [0, 0.1) is 0 Å². The molecule has 0 bridgehead atoms. The molecule has 0 aliphatic rings. The Bertz CT molecular complexity index is 92.8. The van der Waals surface area contributed by atoms with Gasteiger partial charge in [-0.1, -0.05) is 0 Å². The standard InChI is InChI=1S/CH3O2S.Al.2H/c1-4(2)3;;;/h1H3;;;. The highest BCUT2D eigenvalue weighted by atomic mass is 32.4. The van der Waals surface area contributed by atoms with Crippen molar-refractivity contribution in [2.45, 2.75) is 0 Å². The Morgan fingerprint density at radius 1 is 1.60 bits per heavy atom. The van der Waals surface area contributed by atoms with Crippen molar-refractivity contribution in [3.63, 3.8) is 0 Å². The van der Waals surface area contributed by atoms with Crippen molar-refractivity contribution in [1.82, 2.24) is 0 Å². The lowest BCUT2D eigenvalue weighted by atomic mass is 12.0. The molecular weight excluding hydrogens is 103 g/mol. The summed E-state index contributed by atoms with van der Waals surface area (Å²) < 4.78 is 19.4.